The molecule has 0 saturated carbocycles. The number of aryl methyl sites for hydroxylation is 1. The van der Waals surface area contributed by atoms with E-state index in [2.05, 4.69) is 15.0 Å². The predicted molar refractivity (Wildman–Crippen MR) is 66.8 cm³/mol. The Bertz CT molecular complexity index is 554. The molecule has 0 amide bonds. The topological polar surface area (TPSA) is 62.9 Å². The second-order valence-corrected chi connectivity index (χ2v) is 4.49. The maximum Gasteiger partial charge on any atom is 0.154 e. The molecule has 0 spiro atoms. The Hall–Kier alpha value is -1.66. The van der Waals surface area contributed by atoms with Crippen molar-refractivity contribution >= 4 is 11.3 Å². The number of aliphatic hydroxyl groups excluding tert-OH is 1. The molecule has 0 radical (unpaired) electrons. The Labute approximate surface area is 105 Å². The van der Waals surface area contributed by atoms with Gasteiger partial charge in [-0.15, -0.1) is 0 Å². The molecule has 6 heteroatoms. The average molecular weight is 248 g/mol. The molecule has 1 unspecified atom stereocenters. The molecule has 0 bridgehead atoms. The van der Waals surface area contributed by atoms with E-state index in [1.54, 1.807) is 6.20 Å². The van der Waals surface area contributed by atoms with Gasteiger partial charge in [0.1, 0.15) is 5.52 Å². The van der Waals surface area contributed by atoms with E-state index in [1.165, 1.54) is 0 Å². The Morgan fingerprint density at radius 1 is 1.56 bits per heavy atom. The highest BCUT2D eigenvalue weighted by Gasteiger charge is 2.22. The largest absolute Gasteiger partial charge is 0.394 e. The Morgan fingerprint density at radius 2 is 2.44 bits per heavy atom. The van der Waals surface area contributed by atoms with Crippen molar-refractivity contribution in [1.29, 1.82) is 0 Å². The molecule has 2 aromatic rings. The van der Waals surface area contributed by atoms with Gasteiger partial charge >= 0.3 is 0 Å². The van der Waals surface area contributed by atoms with E-state index in [1.807, 2.05) is 23.7 Å². The van der Waals surface area contributed by atoms with Crippen LogP contribution < -0.4 is 4.90 Å². The van der Waals surface area contributed by atoms with E-state index in [-0.39, 0.29) is 12.7 Å². The lowest BCUT2D eigenvalue weighted by Gasteiger charge is -2.33. The standard InChI is InChI=1S/C12H16N4O2/c1-9-6-11-12(13-2-3-16(11)14-9)15-4-5-18-10(7-15)8-17/h2-3,6,10,17H,4-5,7-8H2,1H3. The van der Waals surface area contributed by atoms with E-state index < -0.39 is 0 Å². The van der Waals surface area contributed by atoms with Crippen molar-refractivity contribution in [3.05, 3.63) is 24.2 Å². The fourth-order valence-electron chi connectivity index (χ4n) is 2.30. The fraction of sp³-hybridized carbons (Fsp3) is 0.500. The first-order valence-corrected chi connectivity index (χ1v) is 6.06. The van der Waals surface area contributed by atoms with Gasteiger partial charge in [-0.3, -0.25) is 0 Å². The van der Waals surface area contributed by atoms with Gasteiger partial charge < -0.3 is 14.7 Å². The predicted octanol–water partition coefficient (Wildman–Crippen LogP) is 0.235. The monoisotopic (exact) mass is 248 g/mol. The lowest BCUT2D eigenvalue weighted by atomic mass is 10.2. The number of morpholine rings is 1. The van der Waals surface area contributed by atoms with Gasteiger partial charge in [0, 0.05) is 25.5 Å². The van der Waals surface area contributed by atoms with E-state index in [0.29, 0.717) is 13.2 Å². The van der Waals surface area contributed by atoms with Gasteiger partial charge in [0.2, 0.25) is 0 Å². The maximum absolute atomic E-state index is 9.18. The first kappa shape index (κ1) is 11.4. The highest BCUT2D eigenvalue weighted by molar-refractivity contribution is 5.69. The van der Waals surface area contributed by atoms with Crippen molar-refractivity contribution < 1.29 is 9.84 Å². The number of rotatable bonds is 2. The Kier molecular flexibility index (Phi) is 2.89. The summed E-state index contributed by atoms with van der Waals surface area (Å²) in [6.07, 6.45) is 3.46. The number of aromatic nitrogens is 3. The number of fused-ring (bicyclic) bond motifs is 1. The minimum Gasteiger partial charge on any atom is -0.394 e. The third-order valence-corrected chi connectivity index (χ3v) is 3.13. The zero-order valence-corrected chi connectivity index (χ0v) is 10.3. The normalized spacial score (nSPS) is 20.6. The van der Waals surface area contributed by atoms with Crippen LogP contribution in [0, 0.1) is 6.92 Å². The zero-order valence-electron chi connectivity index (χ0n) is 10.3. The average Bonchev–Trinajstić information content (AvgIpc) is 2.78. The summed E-state index contributed by atoms with van der Waals surface area (Å²) in [4.78, 5) is 6.58. The molecular weight excluding hydrogens is 232 g/mol. The molecule has 0 aromatic carbocycles. The molecule has 0 aliphatic carbocycles. The van der Waals surface area contributed by atoms with Crippen LogP contribution in [0.15, 0.2) is 18.5 Å². The molecular formula is C12H16N4O2. The van der Waals surface area contributed by atoms with Crippen LogP contribution in [0.3, 0.4) is 0 Å². The van der Waals surface area contributed by atoms with Crippen LogP contribution in [-0.2, 0) is 4.74 Å². The number of nitrogens with zero attached hydrogens (tertiary/aromatic N) is 4. The van der Waals surface area contributed by atoms with Crippen LogP contribution >= 0.6 is 0 Å². The molecule has 3 heterocycles. The molecule has 1 fully saturated rings. The summed E-state index contributed by atoms with van der Waals surface area (Å²) in [6.45, 7) is 4.06. The minimum absolute atomic E-state index is 0.0396. The second kappa shape index (κ2) is 4.55. The quantitative estimate of drug-likeness (QED) is 0.824. The van der Waals surface area contributed by atoms with E-state index >= 15 is 0 Å². The van der Waals surface area contributed by atoms with Gasteiger partial charge in [0.15, 0.2) is 5.82 Å². The van der Waals surface area contributed by atoms with Gasteiger partial charge in [-0.25, -0.2) is 9.50 Å². The number of ether oxygens (including phenoxy) is 1. The molecule has 96 valence electrons. The van der Waals surface area contributed by atoms with Crippen molar-refractivity contribution in [3.8, 4) is 0 Å². The van der Waals surface area contributed by atoms with E-state index in [4.69, 9.17) is 4.74 Å². The third-order valence-electron chi connectivity index (χ3n) is 3.13. The molecule has 1 aliphatic rings. The first-order chi connectivity index (χ1) is 8.78. The fourth-order valence-corrected chi connectivity index (χ4v) is 2.30. The molecule has 1 N–H and O–H groups in total. The van der Waals surface area contributed by atoms with Crippen LogP contribution in [0.25, 0.3) is 5.52 Å². The summed E-state index contributed by atoms with van der Waals surface area (Å²) in [6, 6.07) is 2.02. The lowest BCUT2D eigenvalue weighted by molar-refractivity contribution is 0.00342. The SMILES string of the molecule is Cc1cc2c(N3CCOC(CO)C3)nccn2n1. The Morgan fingerprint density at radius 3 is 3.28 bits per heavy atom. The zero-order chi connectivity index (χ0) is 12.5. The van der Waals surface area contributed by atoms with Crippen molar-refractivity contribution in [2.45, 2.75) is 13.0 Å². The van der Waals surface area contributed by atoms with E-state index in [9.17, 15) is 5.11 Å². The Balaban J connectivity index is 1.98. The number of anilines is 1. The summed E-state index contributed by atoms with van der Waals surface area (Å²) >= 11 is 0. The molecule has 1 saturated heterocycles. The van der Waals surface area contributed by atoms with Crippen LogP contribution in [0.2, 0.25) is 0 Å². The maximum atomic E-state index is 9.18. The van der Waals surface area contributed by atoms with Crippen molar-refractivity contribution in [1.82, 2.24) is 14.6 Å². The summed E-state index contributed by atoms with van der Waals surface area (Å²) in [5.41, 5.74) is 1.96. The summed E-state index contributed by atoms with van der Waals surface area (Å²) < 4.78 is 7.29. The van der Waals surface area contributed by atoms with Crippen molar-refractivity contribution in [2.24, 2.45) is 0 Å². The van der Waals surface area contributed by atoms with Crippen LogP contribution in [0.1, 0.15) is 5.69 Å². The van der Waals surface area contributed by atoms with Gasteiger partial charge in [-0.2, -0.15) is 5.10 Å². The molecule has 2 aromatic heterocycles. The van der Waals surface area contributed by atoms with E-state index in [0.717, 1.165) is 23.6 Å². The van der Waals surface area contributed by atoms with Gasteiger partial charge in [-0.05, 0) is 13.0 Å². The minimum atomic E-state index is -0.134. The summed E-state index contributed by atoms with van der Waals surface area (Å²) in [7, 11) is 0. The van der Waals surface area contributed by atoms with Crippen LogP contribution in [0.4, 0.5) is 5.82 Å². The smallest absolute Gasteiger partial charge is 0.154 e. The molecule has 18 heavy (non-hydrogen) atoms. The van der Waals surface area contributed by atoms with Gasteiger partial charge in [-0.1, -0.05) is 0 Å². The molecule has 6 nitrogen and oxygen atoms in total. The summed E-state index contributed by atoms with van der Waals surface area (Å²) in [5, 5.41) is 13.6. The lowest BCUT2D eigenvalue weighted by Crippen LogP contribution is -2.44. The second-order valence-electron chi connectivity index (χ2n) is 4.49. The van der Waals surface area contributed by atoms with Gasteiger partial charge in [0.25, 0.3) is 0 Å². The highest BCUT2D eigenvalue weighted by atomic mass is 16.5. The van der Waals surface area contributed by atoms with Crippen LogP contribution in [-0.4, -0.2) is 52.1 Å². The number of hydrogen-bond donors (Lipinski definition) is 1. The molecule has 1 atom stereocenters. The third kappa shape index (κ3) is 1.93. The number of aliphatic hydroxyl groups is 1. The molecule has 3 rings (SSSR count). The van der Waals surface area contributed by atoms with Crippen molar-refractivity contribution in [2.75, 3.05) is 31.2 Å². The first-order valence-electron chi connectivity index (χ1n) is 6.06. The summed E-state index contributed by atoms with van der Waals surface area (Å²) in [5.74, 6) is 0.903. The highest BCUT2D eigenvalue weighted by Crippen LogP contribution is 2.21. The van der Waals surface area contributed by atoms with Gasteiger partial charge in [0.05, 0.1) is 25.0 Å². The molecule has 1 aliphatic heterocycles. The number of hydrogen-bond acceptors (Lipinski definition) is 5. The van der Waals surface area contributed by atoms with Crippen LogP contribution in [0.5, 0.6) is 0 Å². The van der Waals surface area contributed by atoms with Crippen molar-refractivity contribution in [3.63, 3.8) is 0 Å².